The zero-order valence-corrected chi connectivity index (χ0v) is 12.9. The molecule has 0 unspecified atom stereocenters. The molecular weight excluding hydrogens is 244 g/mol. The fourth-order valence-electron chi connectivity index (χ4n) is 1.89. The molecule has 1 heterocycles. The summed E-state index contributed by atoms with van der Waals surface area (Å²) in [6, 6.07) is 0. The molecule has 1 fully saturated rings. The minimum Gasteiger partial charge on any atom is -0.444 e. The largest absolute Gasteiger partial charge is 0.444 e. The number of piperazine rings is 1. The summed E-state index contributed by atoms with van der Waals surface area (Å²) < 4.78 is 5.32. The second kappa shape index (κ2) is 5.39. The van der Waals surface area contributed by atoms with Crippen LogP contribution in [-0.2, 0) is 9.53 Å². The van der Waals surface area contributed by atoms with Gasteiger partial charge in [-0.1, -0.05) is 20.8 Å². The maximum absolute atomic E-state index is 12.1. The van der Waals surface area contributed by atoms with E-state index in [4.69, 9.17) is 4.74 Å². The summed E-state index contributed by atoms with van der Waals surface area (Å²) in [7, 11) is 0. The molecule has 0 saturated carbocycles. The van der Waals surface area contributed by atoms with E-state index in [1.165, 1.54) is 0 Å². The van der Waals surface area contributed by atoms with Gasteiger partial charge in [-0.15, -0.1) is 0 Å². The van der Waals surface area contributed by atoms with Crippen molar-refractivity contribution in [1.82, 2.24) is 9.80 Å². The van der Waals surface area contributed by atoms with Gasteiger partial charge in [-0.25, -0.2) is 4.79 Å². The lowest BCUT2D eigenvalue weighted by molar-refractivity contribution is -0.141. The van der Waals surface area contributed by atoms with Gasteiger partial charge in [-0.05, 0) is 20.8 Å². The van der Waals surface area contributed by atoms with E-state index in [2.05, 4.69) is 0 Å². The number of hydrogen-bond donors (Lipinski definition) is 0. The predicted octanol–water partition coefficient (Wildman–Crippen LogP) is 2.11. The maximum atomic E-state index is 12.1. The highest BCUT2D eigenvalue weighted by atomic mass is 16.6. The van der Waals surface area contributed by atoms with E-state index in [9.17, 15) is 9.59 Å². The van der Waals surface area contributed by atoms with E-state index in [0.29, 0.717) is 26.2 Å². The van der Waals surface area contributed by atoms with Gasteiger partial charge in [0.1, 0.15) is 5.60 Å². The van der Waals surface area contributed by atoms with Crippen molar-refractivity contribution >= 4 is 12.0 Å². The minimum atomic E-state index is -0.477. The monoisotopic (exact) mass is 270 g/mol. The van der Waals surface area contributed by atoms with Gasteiger partial charge in [0, 0.05) is 31.6 Å². The molecule has 1 aliphatic rings. The van der Waals surface area contributed by atoms with Gasteiger partial charge in [-0.2, -0.15) is 0 Å². The average Bonchev–Trinajstić information content (AvgIpc) is 2.24. The fraction of sp³-hybridized carbons (Fsp3) is 0.857. The molecule has 0 bridgehead atoms. The Morgan fingerprint density at radius 3 is 1.63 bits per heavy atom. The molecule has 0 N–H and O–H groups in total. The van der Waals surface area contributed by atoms with Crippen LogP contribution in [0.2, 0.25) is 0 Å². The first-order valence-electron chi connectivity index (χ1n) is 6.78. The lowest BCUT2D eigenvalue weighted by Gasteiger charge is -2.38. The number of ether oxygens (including phenoxy) is 1. The Morgan fingerprint density at radius 1 is 0.842 bits per heavy atom. The van der Waals surface area contributed by atoms with Gasteiger partial charge >= 0.3 is 6.09 Å². The summed E-state index contributed by atoms with van der Waals surface area (Å²) >= 11 is 0. The summed E-state index contributed by atoms with van der Waals surface area (Å²) in [5.74, 6) is 0.135. The van der Waals surface area contributed by atoms with E-state index in [0.717, 1.165) is 0 Å². The zero-order chi connectivity index (χ0) is 14.8. The van der Waals surface area contributed by atoms with Crippen LogP contribution in [0.3, 0.4) is 0 Å². The van der Waals surface area contributed by atoms with Crippen molar-refractivity contribution in [3.05, 3.63) is 0 Å². The number of hydrogen-bond acceptors (Lipinski definition) is 3. The quantitative estimate of drug-likeness (QED) is 0.677. The van der Waals surface area contributed by atoms with Gasteiger partial charge in [0.15, 0.2) is 0 Å². The summed E-state index contributed by atoms with van der Waals surface area (Å²) in [6.07, 6.45) is -0.296. The van der Waals surface area contributed by atoms with Crippen LogP contribution in [0.5, 0.6) is 0 Å². The van der Waals surface area contributed by atoms with Crippen LogP contribution >= 0.6 is 0 Å². The highest BCUT2D eigenvalue weighted by molar-refractivity contribution is 5.81. The van der Waals surface area contributed by atoms with Crippen molar-refractivity contribution in [2.24, 2.45) is 5.41 Å². The molecule has 0 aliphatic carbocycles. The van der Waals surface area contributed by atoms with Gasteiger partial charge in [0.2, 0.25) is 5.91 Å². The van der Waals surface area contributed by atoms with Gasteiger partial charge < -0.3 is 14.5 Å². The molecule has 0 radical (unpaired) electrons. The average molecular weight is 270 g/mol. The molecule has 5 heteroatoms. The summed E-state index contributed by atoms with van der Waals surface area (Å²) in [5.41, 5.74) is -0.844. The predicted molar refractivity (Wildman–Crippen MR) is 73.8 cm³/mol. The van der Waals surface area contributed by atoms with Crippen molar-refractivity contribution in [2.75, 3.05) is 26.2 Å². The van der Waals surface area contributed by atoms with E-state index >= 15 is 0 Å². The smallest absolute Gasteiger partial charge is 0.410 e. The lowest BCUT2D eigenvalue weighted by atomic mass is 9.94. The molecule has 0 aromatic rings. The molecule has 5 nitrogen and oxygen atoms in total. The number of rotatable bonds is 0. The Labute approximate surface area is 115 Å². The lowest BCUT2D eigenvalue weighted by Crippen LogP contribution is -2.53. The molecule has 0 aromatic heterocycles. The first-order chi connectivity index (χ1) is 8.50. The van der Waals surface area contributed by atoms with Gasteiger partial charge in [0.25, 0.3) is 0 Å². The van der Waals surface area contributed by atoms with E-state index in [-0.39, 0.29) is 17.4 Å². The van der Waals surface area contributed by atoms with Gasteiger partial charge in [0.05, 0.1) is 0 Å². The zero-order valence-electron chi connectivity index (χ0n) is 12.9. The second-order valence-corrected chi connectivity index (χ2v) is 7.01. The molecule has 2 amide bonds. The van der Waals surface area contributed by atoms with E-state index in [1.807, 2.05) is 46.4 Å². The molecule has 1 rings (SSSR count). The SMILES string of the molecule is CC(C)(C)OC(=O)N1CCN(C(=O)C(C)(C)C)CC1. The van der Waals surface area contributed by atoms with Crippen molar-refractivity contribution in [3.63, 3.8) is 0 Å². The highest BCUT2D eigenvalue weighted by Crippen LogP contribution is 2.19. The van der Waals surface area contributed by atoms with Crippen LogP contribution < -0.4 is 0 Å². The van der Waals surface area contributed by atoms with Crippen molar-refractivity contribution in [3.8, 4) is 0 Å². The molecule has 0 aromatic carbocycles. The Kier molecular flexibility index (Phi) is 4.48. The molecule has 0 spiro atoms. The summed E-state index contributed by atoms with van der Waals surface area (Å²) in [5, 5.41) is 0. The molecular formula is C14H26N2O3. The van der Waals surface area contributed by atoms with Crippen LogP contribution in [0.25, 0.3) is 0 Å². The minimum absolute atomic E-state index is 0.135. The van der Waals surface area contributed by atoms with Crippen LogP contribution in [0.15, 0.2) is 0 Å². The summed E-state index contributed by atoms with van der Waals surface area (Å²) in [6.45, 7) is 13.5. The van der Waals surface area contributed by atoms with Crippen LogP contribution in [0, 0.1) is 5.41 Å². The normalized spacial score (nSPS) is 17.4. The molecule has 0 atom stereocenters. The third-order valence-corrected chi connectivity index (χ3v) is 2.86. The Morgan fingerprint density at radius 2 is 1.26 bits per heavy atom. The first kappa shape index (κ1) is 15.8. The molecule has 1 aliphatic heterocycles. The summed E-state index contributed by atoms with van der Waals surface area (Å²) in [4.78, 5) is 27.5. The number of carbonyl (C=O) groups excluding carboxylic acids is 2. The fourth-order valence-corrected chi connectivity index (χ4v) is 1.89. The van der Waals surface area contributed by atoms with Crippen LogP contribution in [-0.4, -0.2) is 53.6 Å². The Hall–Kier alpha value is -1.26. The van der Waals surface area contributed by atoms with Crippen LogP contribution in [0.4, 0.5) is 4.79 Å². The van der Waals surface area contributed by atoms with Crippen molar-refractivity contribution in [1.29, 1.82) is 0 Å². The van der Waals surface area contributed by atoms with Gasteiger partial charge in [-0.3, -0.25) is 4.79 Å². The second-order valence-electron chi connectivity index (χ2n) is 7.01. The van der Waals surface area contributed by atoms with E-state index in [1.54, 1.807) is 4.90 Å². The van der Waals surface area contributed by atoms with Crippen molar-refractivity contribution in [2.45, 2.75) is 47.1 Å². The third-order valence-electron chi connectivity index (χ3n) is 2.86. The number of amides is 2. The third kappa shape index (κ3) is 4.73. The Balaban J connectivity index is 2.50. The number of carbonyl (C=O) groups is 2. The topological polar surface area (TPSA) is 49.9 Å². The first-order valence-corrected chi connectivity index (χ1v) is 6.78. The molecule has 110 valence electrons. The van der Waals surface area contributed by atoms with Crippen molar-refractivity contribution < 1.29 is 14.3 Å². The van der Waals surface area contributed by atoms with E-state index < -0.39 is 5.60 Å². The van der Waals surface area contributed by atoms with Crippen LogP contribution in [0.1, 0.15) is 41.5 Å². The Bertz CT molecular complexity index is 345. The maximum Gasteiger partial charge on any atom is 0.410 e. The highest BCUT2D eigenvalue weighted by Gasteiger charge is 2.32. The molecule has 1 saturated heterocycles. The number of nitrogens with zero attached hydrogens (tertiary/aromatic N) is 2. The molecule has 19 heavy (non-hydrogen) atoms. The standard InChI is InChI=1S/C14H26N2O3/c1-13(2,3)11(17)15-7-9-16(10-8-15)12(18)19-14(4,5)6/h7-10H2,1-6H3.